The van der Waals surface area contributed by atoms with Crippen molar-refractivity contribution in [3.63, 3.8) is 0 Å². The van der Waals surface area contributed by atoms with Gasteiger partial charge in [0.1, 0.15) is 12.6 Å². The molecule has 20 heavy (non-hydrogen) atoms. The number of unbranched alkanes of at least 4 members (excludes halogenated alkanes) is 1. The van der Waals surface area contributed by atoms with Crippen molar-refractivity contribution in [1.29, 1.82) is 0 Å². The van der Waals surface area contributed by atoms with Gasteiger partial charge in [0.2, 0.25) is 0 Å². The zero-order valence-corrected chi connectivity index (χ0v) is 11.9. The highest BCUT2D eigenvalue weighted by atomic mass is 16.5. The van der Waals surface area contributed by atoms with Crippen molar-refractivity contribution in [2.45, 2.75) is 32.8 Å². The van der Waals surface area contributed by atoms with Gasteiger partial charge < -0.3 is 9.84 Å². The molecule has 0 saturated carbocycles. The lowest BCUT2D eigenvalue weighted by molar-refractivity contribution is -0.138. The number of amides is 1. The predicted molar refractivity (Wildman–Crippen MR) is 76.8 cm³/mol. The Labute approximate surface area is 119 Å². The Morgan fingerprint density at radius 1 is 1.30 bits per heavy atom. The number of hydrogen-bond donors (Lipinski definition) is 1. The van der Waals surface area contributed by atoms with Gasteiger partial charge in [0.05, 0.1) is 0 Å². The van der Waals surface area contributed by atoms with Crippen LogP contribution in [0.5, 0.6) is 0 Å². The highest BCUT2D eigenvalue weighted by molar-refractivity contribution is 5.99. The van der Waals surface area contributed by atoms with Crippen molar-refractivity contribution in [2.75, 3.05) is 18.1 Å². The number of benzene rings is 1. The van der Waals surface area contributed by atoms with Gasteiger partial charge >= 0.3 is 5.97 Å². The Morgan fingerprint density at radius 2 is 1.95 bits per heavy atom. The molecule has 0 aliphatic heterocycles. The second kappa shape index (κ2) is 8.32. The molecule has 1 aromatic carbocycles. The molecular formula is C15H21NO4. The third-order valence-corrected chi connectivity index (χ3v) is 2.84. The van der Waals surface area contributed by atoms with Gasteiger partial charge in [0, 0.05) is 12.3 Å². The summed E-state index contributed by atoms with van der Waals surface area (Å²) in [4.78, 5) is 24.5. The van der Waals surface area contributed by atoms with Gasteiger partial charge in [-0.3, -0.25) is 14.5 Å². The summed E-state index contributed by atoms with van der Waals surface area (Å²) in [6, 6.07) is 8.76. The first kappa shape index (κ1) is 16.2. The maximum atomic E-state index is 12.3. The second-order valence-electron chi connectivity index (χ2n) is 4.52. The van der Waals surface area contributed by atoms with Gasteiger partial charge in [-0.1, -0.05) is 31.5 Å². The topological polar surface area (TPSA) is 66.8 Å². The van der Waals surface area contributed by atoms with Gasteiger partial charge in [-0.05, 0) is 25.5 Å². The summed E-state index contributed by atoms with van der Waals surface area (Å²) < 4.78 is 5.44. The maximum Gasteiger partial charge on any atom is 0.323 e. The summed E-state index contributed by atoms with van der Waals surface area (Å²) in [6.45, 7) is 3.82. The van der Waals surface area contributed by atoms with E-state index in [-0.39, 0.29) is 12.5 Å². The lowest BCUT2D eigenvalue weighted by Crippen LogP contribution is -2.42. The van der Waals surface area contributed by atoms with Crippen LogP contribution in [0.15, 0.2) is 30.3 Å². The van der Waals surface area contributed by atoms with E-state index in [4.69, 9.17) is 9.84 Å². The number of para-hydroxylation sites is 1. The molecule has 5 heteroatoms. The van der Waals surface area contributed by atoms with Crippen molar-refractivity contribution in [3.05, 3.63) is 30.3 Å². The van der Waals surface area contributed by atoms with E-state index < -0.39 is 12.1 Å². The Balaban J connectivity index is 2.77. The van der Waals surface area contributed by atoms with Crippen LogP contribution < -0.4 is 4.90 Å². The number of carbonyl (C=O) groups is 2. The number of aliphatic carboxylic acids is 1. The highest BCUT2D eigenvalue weighted by Crippen LogP contribution is 2.15. The number of carbonyl (C=O) groups excluding carboxylic acids is 1. The van der Waals surface area contributed by atoms with Gasteiger partial charge in [0.15, 0.2) is 0 Å². The molecule has 1 N–H and O–H groups in total. The molecular weight excluding hydrogens is 258 g/mol. The fourth-order valence-corrected chi connectivity index (χ4v) is 1.73. The molecule has 0 radical (unpaired) electrons. The lowest BCUT2D eigenvalue weighted by atomic mass is 10.2. The van der Waals surface area contributed by atoms with E-state index in [2.05, 4.69) is 0 Å². The van der Waals surface area contributed by atoms with Crippen molar-refractivity contribution < 1.29 is 19.4 Å². The van der Waals surface area contributed by atoms with E-state index in [1.165, 1.54) is 4.90 Å². The van der Waals surface area contributed by atoms with Crippen LogP contribution in [0.25, 0.3) is 0 Å². The molecule has 1 unspecified atom stereocenters. The largest absolute Gasteiger partial charge is 0.480 e. The molecule has 0 aliphatic rings. The van der Waals surface area contributed by atoms with Crippen molar-refractivity contribution in [2.24, 2.45) is 0 Å². The third-order valence-electron chi connectivity index (χ3n) is 2.84. The highest BCUT2D eigenvalue weighted by Gasteiger charge is 2.24. The summed E-state index contributed by atoms with van der Waals surface area (Å²) in [6.07, 6.45) is 1.21. The molecule has 0 aliphatic carbocycles. The zero-order chi connectivity index (χ0) is 15.0. The van der Waals surface area contributed by atoms with Crippen LogP contribution in [-0.2, 0) is 14.3 Å². The Kier molecular flexibility index (Phi) is 6.73. The summed E-state index contributed by atoms with van der Waals surface area (Å²) in [5.74, 6) is -1.39. The smallest absolute Gasteiger partial charge is 0.323 e. The number of nitrogens with zero attached hydrogens (tertiary/aromatic N) is 1. The molecule has 1 aromatic rings. The zero-order valence-electron chi connectivity index (χ0n) is 11.9. The Hall–Kier alpha value is -1.88. The minimum Gasteiger partial charge on any atom is -0.480 e. The van der Waals surface area contributed by atoms with Gasteiger partial charge in [0.25, 0.3) is 5.91 Å². The average molecular weight is 279 g/mol. The van der Waals surface area contributed by atoms with Crippen LogP contribution in [0.1, 0.15) is 26.7 Å². The van der Waals surface area contributed by atoms with E-state index in [0.29, 0.717) is 12.3 Å². The van der Waals surface area contributed by atoms with Crippen molar-refractivity contribution >= 4 is 17.6 Å². The third kappa shape index (κ3) is 5.01. The van der Waals surface area contributed by atoms with Crippen LogP contribution in [0.4, 0.5) is 5.69 Å². The molecule has 110 valence electrons. The van der Waals surface area contributed by atoms with Crippen molar-refractivity contribution in [1.82, 2.24) is 0 Å². The fraction of sp³-hybridized carbons (Fsp3) is 0.467. The molecule has 0 bridgehead atoms. The molecule has 0 fully saturated rings. The van der Waals surface area contributed by atoms with Gasteiger partial charge in [-0.2, -0.15) is 0 Å². The Bertz CT molecular complexity index is 433. The normalized spacial score (nSPS) is 11.9. The van der Waals surface area contributed by atoms with E-state index in [1.54, 1.807) is 31.2 Å². The van der Waals surface area contributed by atoms with Crippen LogP contribution in [0.3, 0.4) is 0 Å². The molecule has 0 spiro atoms. The van der Waals surface area contributed by atoms with Gasteiger partial charge in [-0.15, -0.1) is 0 Å². The molecule has 1 atom stereocenters. The molecule has 1 rings (SSSR count). The first-order valence-corrected chi connectivity index (χ1v) is 6.76. The molecule has 1 amide bonds. The van der Waals surface area contributed by atoms with Crippen LogP contribution in [-0.4, -0.2) is 36.2 Å². The predicted octanol–water partition coefficient (Wildman–Crippen LogP) is 2.31. The number of ether oxygens (including phenoxy) is 1. The van der Waals surface area contributed by atoms with Crippen LogP contribution in [0.2, 0.25) is 0 Å². The SMILES string of the molecule is CCCCOC(C)C(=O)N(CC(=O)O)c1ccccc1. The minimum atomic E-state index is -1.05. The average Bonchev–Trinajstić information content (AvgIpc) is 2.45. The van der Waals surface area contributed by atoms with Crippen LogP contribution >= 0.6 is 0 Å². The summed E-state index contributed by atoms with van der Waals surface area (Å²) >= 11 is 0. The molecule has 0 aromatic heterocycles. The summed E-state index contributed by atoms with van der Waals surface area (Å²) in [5, 5.41) is 8.96. The number of rotatable bonds is 8. The molecule has 0 saturated heterocycles. The van der Waals surface area contributed by atoms with Crippen LogP contribution in [0, 0.1) is 0 Å². The van der Waals surface area contributed by atoms with E-state index >= 15 is 0 Å². The summed E-state index contributed by atoms with van der Waals surface area (Å²) in [7, 11) is 0. The minimum absolute atomic E-state index is 0.338. The first-order valence-electron chi connectivity index (χ1n) is 6.76. The van der Waals surface area contributed by atoms with Crippen molar-refractivity contribution in [3.8, 4) is 0 Å². The fourth-order valence-electron chi connectivity index (χ4n) is 1.73. The van der Waals surface area contributed by atoms with E-state index in [0.717, 1.165) is 12.8 Å². The first-order chi connectivity index (χ1) is 9.56. The Morgan fingerprint density at radius 3 is 2.50 bits per heavy atom. The quantitative estimate of drug-likeness (QED) is 0.741. The number of anilines is 1. The lowest BCUT2D eigenvalue weighted by Gasteiger charge is -2.24. The van der Waals surface area contributed by atoms with E-state index in [9.17, 15) is 9.59 Å². The number of hydrogen-bond acceptors (Lipinski definition) is 3. The number of carboxylic acids is 1. The van der Waals surface area contributed by atoms with Gasteiger partial charge in [-0.25, -0.2) is 0 Å². The number of carboxylic acid groups (broad SMARTS) is 1. The molecule has 5 nitrogen and oxygen atoms in total. The monoisotopic (exact) mass is 279 g/mol. The standard InChI is InChI=1S/C15H21NO4/c1-3-4-10-20-12(2)15(19)16(11-14(17)18)13-8-6-5-7-9-13/h5-9,12H,3-4,10-11H2,1-2H3,(H,17,18). The maximum absolute atomic E-state index is 12.3. The second-order valence-corrected chi connectivity index (χ2v) is 4.52. The summed E-state index contributed by atoms with van der Waals surface area (Å²) in [5.41, 5.74) is 0.561. The molecule has 0 heterocycles. The van der Waals surface area contributed by atoms with E-state index in [1.807, 2.05) is 13.0 Å².